The Morgan fingerprint density at radius 2 is 2.12 bits per heavy atom. The molecule has 90 valence electrons. The monoisotopic (exact) mass is 234 g/mol. The van der Waals surface area contributed by atoms with Crippen LogP contribution in [0.1, 0.15) is 11.6 Å². The van der Waals surface area contributed by atoms with Crippen molar-refractivity contribution in [3.8, 4) is 0 Å². The molecule has 2 heterocycles. The lowest BCUT2D eigenvalue weighted by Crippen LogP contribution is -2.38. The van der Waals surface area contributed by atoms with Crippen molar-refractivity contribution in [1.82, 2.24) is 20.1 Å². The average Bonchev–Trinajstić information content (AvgIpc) is 2.66. The van der Waals surface area contributed by atoms with Gasteiger partial charge in [-0.3, -0.25) is 14.7 Å². The molecule has 0 saturated carbocycles. The summed E-state index contributed by atoms with van der Waals surface area (Å²) in [6, 6.07) is 2.68. The first-order valence-electron chi connectivity index (χ1n) is 5.28. The van der Waals surface area contributed by atoms with Crippen LogP contribution in [0.2, 0.25) is 0 Å². The molecule has 1 N–H and O–H groups in total. The Morgan fingerprint density at radius 1 is 1.47 bits per heavy atom. The lowest BCUT2D eigenvalue weighted by atomic mass is 10.1. The summed E-state index contributed by atoms with van der Waals surface area (Å²) in [5.74, 6) is -0.0835. The third kappa shape index (κ3) is 1.93. The van der Waals surface area contributed by atoms with Crippen LogP contribution >= 0.6 is 0 Å². The van der Waals surface area contributed by atoms with Gasteiger partial charge in [-0.2, -0.15) is 0 Å². The molecule has 1 aromatic heterocycles. The molecule has 0 aliphatic carbocycles. The number of carbonyl (C=O) groups is 2. The Hall–Kier alpha value is -2.11. The third-order valence-electron chi connectivity index (χ3n) is 2.78. The second-order valence-electron chi connectivity index (χ2n) is 3.89. The summed E-state index contributed by atoms with van der Waals surface area (Å²) < 4.78 is 0. The van der Waals surface area contributed by atoms with E-state index in [4.69, 9.17) is 0 Å². The highest BCUT2D eigenvalue weighted by molar-refractivity contribution is 5.90. The first-order chi connectivity index (χ1) is 8.15. The molecule has 0 spiro atoms. The highest BCUT2D eigenvalue weighted by Crippen LogP contribution is 2.27. The van der Waals surface area contributed by atoms with E-state index >= 15 is 0 Å². The second-order valence-corrected chi connectivity index (χ2v) is 3.89. The zero-order valence-electron chi connectivity index (χ0n) is 9.75. The predicted octanol–water partition coefficient (Wildman–Crippen LogP) is 0.194. The molecule has 2 rings (SSSR count). The summed E-state index contributed by atoms with van der Waals surface area (Å²) in [5, 5.41) is 2.54. The van der Waals surface area contributed by atoms with Gasteiger partial charge < -0.3 is 10.2 Å². The van der Waals surface area contributed by atoms with Crippen molar-refractivity contribution in [3.05, 3.63) is 30.1 Å². The summed E-state index contributed by atoms with van der Waals surface area (Å²) in [5.41, 5.74) is 0.776. The van der Waals surface area contributed by atoms with Gasteiger partial charge in [-0.15, -0.1) is 0 Å². The molecule has 1 saturated heterocycles. The van der Waals surface area contributed by atoms with Crippen LogP contribution in [0.15, 0.2) is 24.5 Å². The first-order valence-corrected chi connectivity index (χ1v) is 5.28. The molecular weight excluding hydrogens is 220 g/mol. The Labute approximate surface area is 99.2 Å². The molecule has 0 aromatic carbocycles. The van der Waals surface area contributed by atoms with Crippen molar-refractivity contribution in [1.29, 1.82) is 0 Å². The SMILES string of the molecule is CNC(=O)N1CN(C)C(=O)C1c1ccncc1. The zero-order valence-corrected chi connectivity index (χ0v) is 9.75. The minimum Gasteiger partial charge on any atom is -0.341 e. The number of aromatic nitrogens is 1. The number of pyridine rings is 1. The predicted molar refractivity (Wildman–Crippen MR) is 60.9 cm³/mol. The Balaban J connectivity index is 2.35. The van der Waals surface area contributed by atoms with Crippen molar-refractivity contribution in [2.75, 3.05) is 20.8 Å². The maximum absolute atomic E-state index is 12.0. The van der Waals surface area contributed by atoms with Crippen molar-refractivity contribution in [2.24, 2.45) is 0 Å². The Morgan fingerprint density at radius 3 is 2.71 bits per heavy atom. The molecule has 1 fully saturated rings. The number of carbonyl (C=O) groups excluding carboxylic acids is 2. The molecule has 0 radical (unpaired) electrons. The fourth-order valence-electron chi connectivity index (χ4n) is 1.92. The minimum absolute atomic E-state index is 0.0835. The fourth-order valence-corrected chi connectivity index (χ4v) is 1.92. The Bertz CT molecular complexity index is 434. The van der Waals surface area contributed by atoms with E-state index in [1.54, 1.807) is 38.6 Å². The molecule has 6 nitrogen and oxygen atoms in total. The summed E-state index contributed by atoms with van der Waals surface area (Å²) in [7, 11) is 3.23. The minimum atomic E-state index is -0.553. The molecule has 1 aliphatic rings. The normalized spacial score (nSPS) is 19.6. The fraction of sp³-hybridized carbons (Fsp3) is 0.364. The van der Waals surface area contributed by atoms with E-state index in [0.717, 1.165) is 5.56 Å². The lowest BCUT2D eigenvalue weighted by Gasteiger charge is -2.21. The van der Waals surface area contributed by atoms with E-state index in [1.165, 1.54) is 9.80 Å². The molecule has 1 atom stereocenters. The van der Waals surface area contributed by atoms with E-state index < -0.39 is 6.04 Å². The van der Waals surface area contributed by atoms with Crippen molar-refractivity contribution in [3.63, 3.8) is 0 Å². The van der Waals surface area contributed by atoms with E-state index in [-0.39, 0.29) is 11.9 Å². The number of nitrogens with one attached hydrogen (secondary N) is 1. The van der Waals surface area contributed by atoms with E-state index in [0.29, 0.717) is 6.67 Å². The average molecular weight is 234 g/mol. The number of nitrogens with zero attached hydrogens (tertiary/aromatic N) is 3. The quantitative estimate of drug-likeness (QED) is 0.754. The van der Waals surface area contributed by atoms with E-state index in [9.17, 15) is 9.59 Å². The van der Waals surface area contributed by atoms with Crippen LogP contribution in [0.5, 0.6) is 0 Å². The molecule has 1 unspecified atom stereocenters. The van der Waals surface area contributed by atoms with Crippen LogP contribution in [0.3, 0.4) is 0 Å². The van der Waals surface area contributed by atoms with Gasteiger partial charge in [0.1, 0.15) is 6.04 Å². The van der Waals surface area contributed by atoms with Gasteiger partial charge in [0.15, 0.2) is 0 Å². The molecule has 1 aliphatic heterocycles. The van der Waals surface area contributed by atoms with Gasteiger partial charge in [-0.25, -0.2) is 4.79 Å². The third-order valence-corrected chi connectivity index (χ3v) is 2.78. The van der Waals surface area contributed by atoms with Gasteiger partial charge in [0.25, 0.3) is 5.91 Å². The van der Waals surface area contributed by atoms with Crippen LogP contribution in [0, 0.1) is 0 Å². The molecular formula is C11H14N4O2. The largest absolute Gasteiger partial charge is 0.341 e. The molecule has 3 amide bonds. The second kappa shape index (κ2) is 4.40. The molecule has 0 bridgehead atoms. The van der Waals surface area contributed by atoms with Crippen LogP contribution in [-0.2, 0) is 4.79 Å². The summed E-state index contributed by atoms with van der Waals surface area (Å²) in [6.45, 7) is 0.297. The van der Waals surface area contributed by atoms with Gasteiger partial charge in [0.2, 0.25) is 0 Å². The van der Waals surface area contributed by atoms with Crippen LogP contribution in [0.4, 0.5) is 4.79 Å². The Kier molecular flexibility index (Phi) is 2.95. The van der Waals surface area contributed by atoms with Crippen molar-refractivity contribution >= 4 is 11.9 Å². The maximum Gasteiger partial charge on any atom is 0.319 e. The van der Waals surface area contributed by atoms with Gasteiger partial charge in [0, 0.05) is 26.5 Å². The smallest absolute Gasteiger partial charge is 0.319 e. The summed E-state index contributed by atoms with van der Waals surface area (Å²) in [4.78, 5) is 30.7. The van der Waals surface area contributed by atoms with Gasteiger partial charge in [0.05, 0.1) is 6.67 Å². The number of hydrogen-bond acceptors (Lipinski definition) is 3. The summed E-state index contributed by atoms with van der Waals surface area (Å²) >= 11 is 0. The standard InChI is InChI=1S/C11H14N4O2/c1-12-11(17)15-7-14(2)10(16)9(15)8-3-5-13-6-4-8/h3-6,9H,7H2,1-2H3,(H,12,17). The number of amides is 3. The molecule has 1 aromatic rings. The van der Waals surface area contributed by atoms with Crippen molar-refractivity contribution < 1.29 is 9.59 Å². The first kappa shape index (κ1) is 11.4. The number of rotatable bonds is 1. The molecule has 6 heteroatoms. The van der Waals surface area contributed by atoms with Crippen molar-refractivity contribution in [2.45, 2.75) is 6.04 Å². The van der Waals surface area contributed by atoms with Crippen LogP contribution < -0.4 is 5.32 Å². The summed E-state index contributed by atoms with van der Waals surface area (Å²) in [6.07, 6.45) is 3.23. The van der Waals surface area contributed by atoms with E-state index in [1.807, 2.05) is 0 Å². The maximum atomic E-state index is 12.0. The highest BCUT2D eigenvalue weighted by atomic mass is 16.2. The zero-order chi connectivity index (χ0) is 12.4. The highest BCUT2D eigenvalue weighted by Gasteiger charge is 2.39. The number of urea groups is 1. The lowest BCUT2D eigenvalue weighted by molar-refractivity contribution is -0.128. The topological polar surface area (TPSA) is 65.5 Å². The molecule has 17 heavy (non-hydrogen) atoms. The van der Waals surface area contributed by atoms with Crippen LogP contribution in [0.25, 0.3) is 0 Å². The van der Waals surface area contributed by atoms with Gasteiger partial charge >= 0.3 is 6.03 Å². The number of hydrogen-bond donors (Lipinski definition) is 1. The van der Waals surface area contributed by atoms with Gasteiger partial charge in [-0.05, 0) is 17.7 Å². The van der Waals surface area contributed by atoms with Crippen LogP contribution in [-0.4, -0.2) is 47.5 Å². The number of likely N-dealkylation sites (N-methyl/N-ethyl adjacent to an activating group) is 1. The van der Waals surface area contributed by atoms with E-state index in [2.05, 4.69) is 10.3 Å². The van der Waals surface area contributed by atoms with Gasteiger partial charge in [-0.1, -0.05) is 0 Å².